The molecular formula is C29H29F2N3O5. The number of hydrogen-bond acceptors (Lipinski definition) is 6. The minimum atomic E-state index is -0.985. The second-order valence-corrected chi connectivity index (χ2v) is 10.8. The van der Waals surface area contributed by atoms with Crippen molar-refractivity contribution in [3.05, 3.63) is 93.4 Å². The normalized spacial score (nSPS) is 19.3. The molecule has 0 N–H and O–H groups in total. The minimum absolute atomic E-state index is 0.112. The highest BCUT2D eigenvalue weighted by Crippen LogP contribution is 2.46. The van der Waals surface area contributed by atoms with Crippen LogP contribution in [-0.2, 0) is 9.53 Å². The lowest BCUT2D eigenvalue weighted by Crippen LogP contribution is -2.51. The summed E-state index contributed by atoms with van der Waals surface area (Å²) in [4.78, 5) is 40.4. The number of carbonyl (C=O) groups is 2. The zero-order chi connectivity index (χ0) is 27.9. The topological polar surface area (TPSA) is 90.7 Å². The van der Waals surface area contributed by atoms with Crippen molar-refractivity contribution in [1.29, 1.82) is 0 Å². The second-order valence-electron chi connectivity index (χ2n) is 10.8. The summed E-state index contributed by atoms with van der Waals surface area (Å²) < 4.78 is 42.0. The predicted octanol–water partition coefficient (Wildman–Crippen LogP) is 4.44. The summed E-state index contributed by atoms with van der Waals surface area (Å²) in [7, 11) is 0. The number of fused-ring (bicyclic) bond motifs is 2. The summed E-state index contributed by atoms with van der Waals surface area (Å²) in [6.07, 6.45) is 2.33. The number of esters is 1. The highest BCUT2D eigenvalue weighted by atomic mass is 19.2. The van der Waals surface area contributed by atoms with E-state index < -0.39 is 53.1 Å². The van der Waals surface area contributed by atoms with Crippen molar-refractivity contribution in [2.45, 2.75) is 51.6 Å². The predicted molar refractivity (Wildman–Crippen MR) is 137 cm³/mol. The Hall–Kier alpha value is -4.08. The van der Waals surface area contributed by atoms with Crippen molar-refractivity contribution >= 4 is 11.9 Å². The fourth-order valence-electron chi connectivity index (χ4n) is 5.41. The molecule has 3 atom stereocenters. The molecule has 2 aliphatic heterocycles. The molecule has 39 heavy (non-hydrogen) atoms. The highest BCUT2D eigenvalue weighted by molar-refractivity contribution is 5.96. The molecule has 1 aromatic heterocycles. The summed E-state index contributed by atoms with van der Waals surface area (Å²) in [5.41, 5.74) is -0.764. The van der Waals surface area contributed by atoms with Gasteiger partial charge in [0.25, 0.3) is 5.91 Å². The molecule has 0 saturated carbocycles. The van der Waals surface area contributed by atoms with Gasteiger partial charge in [-0.1, -0.05) is 42.5 Å². The smallest absolute Gasteiger partial charge is 0.314 e. The lowest BCUT2D eigenvalue weighted by molar-refractivity contribution is -0.159. The molecule has 3 aromatic rings. The molecule has 8 nitrogen and oxygen atoms in total. The van der Waals surface area contributed by atoms with Crippen molar-refractivity contribution in [2.24, 2.45) is 5.41 Å². The summed E-state index contributed by atoms with van der Waals surface area (Å²) in [6.45, 7) is 4.87. The van der Waals surface area contributed by atoms with Gasteiger partial charge < -0.3 is 14.4 Å². The van der Waals surface area contributed by atoms with Gasteiger partial charge in [-0.05, 0) is 45.2 Å². The van der Waals surface area contributed by atoms with Crippen LogP contribution in [0.4, 0.5) is 8.78 Å². The van der Waals surface area contributed by atoms with Gasteiger partial charge in [-0.2, -0.15) is 5.10 Å². The van der Waals surface area contributed by atoms with Crippen LogP contribution in [0.3, 0.4) is 0 Å². The quantitative estimate of drug-likeness (QED) is 0.341. The van der Waals surface area contributed by atoms with E-state index >= 15 is 4.39 Å². The first-order valence-electron chi connectivity index (χ1n) is 12.8. The van der Waals surface area contributed by atoms with Crippen LogP contribution in [-0.4, -0.2) is 45.9 Å². The Balaban J connectivity index is 1.66. The number of hydrogen-bond donors (Lipinski definition) is 0. The van der Waals surface area contributed by atoms with E-state index in [1.165, 1.54) is 16.8 Å². The van der Waals surface area contributed by atoms with E-state index in [4.69, 9.17) is 9.47 Å². The Morgan fingerprint density at radius 1 is 1.10 bits per heavy atom. The van der Waals surface area contributed by atoms with E-state index in [0.717, 1.165) is 12.3 Å². The number of aromatic nitrogens is 2. The van der Waals surface area contributed by atoms with Gasteiger partial charge in [-0.15, -0.1) is 0 Å². The Morgan fingerprint density at radius 2 is 1.85 bits per heavy atom. The fraction of sp³-hybridized carbons (Fsp3) is 0.379. The van der Waals surface area contributed by atoms with Gasteiger partial charge in [0.05, 0.1) is 23.7 Å². The molecule has 0 spiro atoms. The second kappa shape index (κ2) is 10.2. The monoisotopic (exact) mass is 537 g/mol. The van der Waals surface area contributed by atoms with E-state index in [1.807, 2.05) is 18.2 Å². The number of benzene rings is 2. The Kier molecular flexibility index (Phi) is 6.96. The molecule has 1 amide bonds. The zero-order valence-electron chi connectivity index (χ0n) is 21.9. The summed E-state index contributed by atoms with van der Waals surface area (Å²) in [6, 6.07) is 12.0. The molecule has 5 rings (SSSR count). The number of halogens is 2. The molecule has 3 heterocycles. The molecule has 0 aliphatic carbocycles. The van der Waals surface area contributed by atoms with Crippen LogP contribution < -0.4 is 10.2 Å². The maximum absolute atomic E-state index is 15.4. The first-order chi connectivity index (χ1) is 18.6. The number of nitrogens with zero attached hydrogens (tertiary/aromatic N) is 3. The Morgan fingerprint density at radius 3 is 2.56 bits per heavy atom. The maximum atomic E-state index is 15.4. The lowest BCUT2D eigenvalue weighted by atomic mass is 9.79. The number of carbonyl (C=O) groups excluding carboxylic acids is 2. The van der Waals surface area contributed by atoms with Crippen molar-refractivity contribution in [3.8, 4) is 5.75 Å². The average Bonchev–Trinajstić information content (AvgIpc) is 3.40. The highest BCUT2D eigenvalue weighted by Gasteiger charge is 2.49. The third kappa shape index (κ3) is 4.79. The van der Waals surface area contributed by atoms with Crippen LogP contribution >= 0.6 is 0 Å². The molecule has 0 unspecified atom stereocenters. The van der Waals surface area contributed by atoms with E-state index in [0.29, 0.717) is 24.9 Å². The molecule has 0 radical (unpaired) electrons. The van der Waals surface area contributed by atoms with Crippen molar-refractivity contribution in [3.63, 3.8) is 0 Å². The largest absolute Gasteiger partial charge is 0.451 e. The molecule has 2 aromatic carbocycles. The lowest BCUT2D eigenvalue weighted by Gasteiger charge is -2.42. The molecular weight excluding hydrogens is 508 g/mol. The van der Waals surface area contributed by atoms with Crippen molar-refractivity contribution in [2.75, 3.05) is 13.3 Å². The van der Waals surface area contributed by atoms with Crippen LogP contribution in [0.2, 0.25) is 0 Å². The van der Waals surface area contributed by atoms with E-state index in [9.17, 15) is 18.8 Å². The summed E-state index contributed by atoms with van der Waals surface area (Å²) >= 11 is 0. The van der Waals surface area contributed by atoms with Crippen molar-refractivity contribution in [1.82, 2.24) is 14.7 Å². The van der Waals surface area contributed by atoms with Gasteiger partial charge in [-0.25, -0.2) is 8.78 Å². The number of ether oxygens (including phenoxy) is 2. The molecule has 204 valence electrons. The Bertz CT molecular complexity index is 1470. The van der Waals surface area contributed by atoms with Crippen LogP contribution in [0.25, 0.3) is 0 Å². The molecule has 0 bridgehead atoms. The molecule has 1 fully saturated rings. The van der Waals surface area contributed by atoms with Crippen LogP contribution in [0.15, 0.2) is 59.5 Å². The molecule has 10 heteroatoms. The number of amides is 1. The molecule has 1 saturated heterocycles. The first kappa shape index (κ1) is 26.5. The SMILES string of the molecule is CC(C)(C)C(=O)OCOc1c2n(ncc1=O)[C@@H]([C@H](c1ccccc1)c1cccc(F)c1F)[C@H]1CCCN1C2=O. The number of rotatable bonds is 6. The van der Waals surface area contributed by atoms with E-state index in [-0.39, 0.29) is 23.0 Å². The van der Waals surface area contributed by atoms with Crippen LogP contribution in [0, 0.1) is 17.0 Å². The van der Waals surface area contributed by atoms with Crippen LogP contribution in [0.1, 0.15) is 67.2 Å². The Labute approximate surface area is 224 Å². The van der Waals surface area contributed by atoms with Gasteiger partial charge in [-0.3, -0.25) is 19.1 Å². The third-order valence-corrected chi connectivity index (χ3v) is 7.23. The average molecular weight is 538 g/mol. The van der Waals surface area contributed by atoms with Crippen molar-refractivity contribution < 1.29 is 27.8 Å². The zero-order valence-corrected chi connectivity index (χ0v) is 21.9. The van der Waals surface area contributed by atoms with Gasteiger partial charge in [0.15, 0.2) is 17.3 Å². The summed E-state index contributed by atoms with van der Waals surface area (Å²) in [5.74, 6) is -4.02. The van der Waals surface area contributed by atoms with E-state index in [2.05, 4.69) is 5.10 Å². The van der Waals surface area contributed by atoms with E-state index in [1.54, 1.807) is 37.8 Å². The standard InChI is InChI=1S/C29H29F2N3O5/c1-29(2,3)28(37)39-16-38-26-21(35)15-32-34-24(20-13-8-14-33(20)27(36)25(26)34)22(17-9-5-4-6-10-17)18-11-7-12-19(30)23(18)31/h4-7,9-12,15,20,22,24H,8,13-14,16H2,1-3H3/t20-,22-,24-/m1/s1. The van der Waals surface area contributed by atoms with Crippen LogP contribution in [0.5, 0.6) is 5.75 Å². The van der Waals surface area contributed by atoms with Gasteiger partial charge in [0.1, 0.15) is 0 Å². The third-order valence-electron chi connectivity index (χ3n) is 7.23. The maximum Gasteiger partial charge on any atom is 0.314 e. The van der Waals surface area contributed by atoms with Gasteiger partial charge >= 0.3 is 5.97 Å². The fourth-order valence-corrected chi connectivity index (χ4v) is 5.41. The summed E-state index contributed by atoms with van der Waals surface area (Å²) in [5, 5.41) is 4.33. The minimum Gasteiger partial charge on any atom is -0.451 e. The van der Waals surface area contributed by atoms with Gasteiger partial charge in [0.2, 0.25) is 18.0 Å². The molecule has 2 aliphatic rings. The van der Waals surface area contributed by atoms with Gasteiger partial charge in [0, 0.05) is 18.0 Å². The first-order valence-corrected chi connectivity index (χ1v) is 12.8.